The molecule has 0 aliphatic carbocycles. The van der Waals surface area contributed by atoms with Gasteiger partial charge in [-0.2, -0.15) is 4.68 Å². The molecule has 35 heavy (non-hydrogen) atoms. The molecule has 0 fully saturated rings. The first-order valence-electron chi connectivity index (χ1n) is 11.2. The van der Waals surface area contributed by atoms with Gasteiger partial charge < -0.3 is 20.5 Å². The number of nitrogens with one attached hydrogen (secondary N) is 1. The summed E-state index contributed by atoms with van der Waals surface area (Å²) in [7, 11) is 2.01. The van der Waals surface area contributed by atoms with Gasteiger partial charge in [0.15, 0.2) is 0 Å². The number of nitrogen functional groups attached to an aromatic ring is 1. The minimum absolute atomic E-state index is 0.0228. The van der Waals surface area contributed by atoms with Crippen LogP contribution in [0.2, 0.25) is 5.02 Å². The number of likely N-dealkylation sites (N-methyl/N-ethyl adjacent to an activating group) is 1. The number of tetrazole rings is 1. The number of nitrogens with two attached hydrogens (primary N) is 1. The number of halogens is 1. The Balaban J connectivity index is 1.34. The molecule has 0 saturated carbocycles. The first-order chi connectivity index (χ1) is 17.0. The topological polar surface area (TPSA) is 120 Å². The molecule has 2 unspecified atom stereocenters. The number of hydrogen-bond acceptors (Lipinski definition) is 8. The summed E-state index contributed by atoms with van der Waals surface area (Å²) in [4.78, 5) is 19.7. The van der Waals surface area contributed by atoms with Gasteiger partial charge in [-0.3, -0.25) is 4.79 Å². The van der Waals surface area contributed by atoms with E-state index in [2.05, 4.69) is 36.8 Å². The summed E-state index contributed by atoms with van der Waals surface area (Å²) in [5, 5.41) is 15.6. The van der Waals surface area contributed by atoms with Gasteiger partial charge in [-0.05, 0) is 65.2 Å². The van der Waals surface area contributed by atoms with Gasteiger partial charge in [0.05, 0.1) is 17.4 Å². The van der Waals surface area contributed by atoms with E-state index in [1.807, 2.05) is 36.0 Å². The van der Waals surface area contributed by atoms with Gasteiger partial charge in [-0.25, -0.2) is 4.98 Å². The molecule has 3 aromatic heterocycles. The second-order valence-electron chi connectivity index (χ2n) is 8.73. The van der Waals surface area contributed by atoms with E-state index in [0.717, 1.165) is 46.6 Å². The maximum Gasteiger partial charge on any atom is 0.251 e. The van der Waals surface area contributed by atoms with E-state index in [4.69, 9.17) is 17.3 Å². The van der Waals surface area contributed by atoms with Gasteiger partial charge in [-0.15, -0.1) is 5.10 Å². The molecule has 1 aromatic carbocycles. The van der Waals surface area contributed by atoms with E-state index in [1.54, 1.807) is 29.1 Å². The van der Waals surface area contributed by atoms with E-state index in [0.29, 0.717) is 10.8 Å². The summed E-state index contributed by atoms with van der Waals surface area (Å²) in [6.07, 6.45) is 6.89. The Kier molecular flexibility index (Phi) is 5.03. The third kappa shape index (κ3) is 3.71. The van der Waals surface area contributed by atoms with Crippen LogP contribution in [0.4, 0.5) is 5.82 Å². The molecule has 0 spiro atoms. The number of aromatic nitrogens is 6. The predicted molar refractivity (Wildman–Crippen MR) is 133 cm³/mol. The maximum absolute atomic E-state index is 13.4. The monoisotopic (exact) mass is 487 g/mol. The quantitative estimate of drug-likeness (QED) is 0.450. The Labute approximate surface area is 205 Å². The van der Waals surface area contributed by atoms with Crippen molar-refractivity contribution in [1.29, 1.82) is 0 Å². The summed E-state index contributed by atoms with van der Waals surface area (Å²) >= 11 is 6.31. The van der Waals surface area contributed by atoms with Crippen LogP contribution in [0.15, 0.2) is 66.0 Å². The third-order valence-electron chi connectivity index (χ3n) is 6.58. The number of aryl methyl sites for hydroxylation is 1. The normalized spacial score (nSPS) is 18.9. The first-order valence-corrected chi connectivity index (χ1v) is 11.6. The number of nitrogens with zero attached hydrogens (tertiary/aromatic N) is 7. The fraction of sp³-hybridized carbons (Fsp3) is 0.208. The van der Waals surface area contributed by atoms with E-state index in [9.17, 15) is 4.79 Å². The van der Waals surface area contributed by atoms with E-state index in [1.165, 1.54) is 6.33 Å². The van der Waals surface area contributed by atoms with Crippen LogP contribution >= 0.6 is 11.6 Å². The number of pyridine rings is 2. The molecule has 2 atom stereocenters. The molecular formula is C24H22ClN9O. The van der Waals surface area contributed by atoms with Crippen LogP contribution in [0.5, 0.6) is 0 Å². The highest BCUT2D eigenvalue weighted by Gasteiger charge is 2.36. The van der Waals surface area contributed by atoms with E-state index < -0.39 is 0 Å². The highest BCUT2D eigenvalue weighted by molar-refractivity contribution is 6.31. The average molecular weight is 488 g/mol. The van der Waals surface area contributed by atoms with Gasteiger partial charge in [0.25, 0.3) is 5.56 Å². The molecule has 0 radical (unpaired) electrons. The van der Waals surface area contributed by atoms with Crippen LogP contribution in [0.1, 0.15) is 23.7 Å². The summed E-state index contributed by atoms with van der Waals surface area (Å²) < 4.78 is 3.47. The molecule has 10 nitrogen and oxygen atoms in total. The van der Waals surface area contributed by atoms with Crippen LogP contribution in [0.3, 0.4) is 0 Å². The molecule has 0 bridgehead atoms. The molecule has 5 heterocycles. The lowest BCUT2D eigenvalue weighted by Crippen LogP contribution is -2.43. The Morgan fingerprint density at radius 1 is 1.14 bits per heavy atom. The zero-order valence-electron chi connectivity index (χ0n) is 18.8. The lowest BCUT2D eigenvalue weighted by molar-refractivity contribution is 0.236. The van der Waals surface area contributed by atoms with Crippen molar-refractivity contribution in [2.24, 2.45) is 0 Å². The summed E-state index contributed by atoms with van der Waals surface area (Å²) in [5.74, 6) is 0.479. The average Bonchev–Trinajstić information content (AvgIpc) is 3.59. The third-order valence-corrected chi connectivity index (χ3v) is 6.81. The van der Waals surface area contributed by atoms with Crippen molar-refractivity contribution in [1.82, 2.24) is 40.0 Å². The Hall–Kier alpha value is -4.18. The van der Waals surface area contributed by atoms with Crippen molar-refractivity contribution in [3.05, 3.63) is 87.8 Å². The lowest BCUT2D eigenvalue weighted by Gasteiger charge is -2.29. The number of fused-ring (bicyclic) bond motifs is 1. The van der Waals surface area contributed by atoms with Crippen LogP contribution in [-0.2, 0) is 6.42 Å². The van der Waals surface area contributed by atoms with Crippen molar-refractivity contribution < 1.29 is 0 Å². The number of anilines is 1. The molecule has 0 amide bonds. The summed E-state index contributed by atoms with van der Waals surface area (Å²) in [6.45, 7) is 0. The first kappa shape index (κ1) is 21.4. The second-order valence-corrected chi connectivity index (χ2v) is 9.17. The predicted octanol–water partition coefficient (Wildman–Crippen LogP) is 2.47. The molecule has 0 saturated heterocycles. The highest BCUT2D eigenvalue weighted by Crippen LogP contribution is 2.35. The number of benzene rings is 1. The molecule has 4 aromatic rings. The molecule has 176 valence electrons. The highest BCUT2D eigenvalue weighted by atomic mass is 35.5. The number of rotatable bonds is 4. The summed E-state index contributed by atoms with van der Waals surface area (Å²) in [6, 6.07) is 12.9. The zero-order chi connectivity index (χ0) is 24.1. The van der Waals surface area contributed by atoms with Crippen molar-refractivity contribution in [3.63, 3.8) is 0 Å². The number of hydrogen-bond donors (Lipinski definition) is 2. The van der Waals surface area contributed by atoms with Crippen LogP contribution in [0.25, 0.3) is 22.5 Å². The van der Waals surface area contributed by atoms with Crippen molar-refractivity contribution in [3.8, 4) is 16.8 Å². The van der Waals surface area contributed by atoms with Gasteiger partial charge in [-0.1, -0.05) is 11.6 Å². The van der Waals surface area contributed by atoms with E-state index >= 15 is 0 Å². The summed E-state index contributed by atoms with van der Waals surface area (Å²) in [5.41, 5.74) is 10.9. The fourth-order valence-corrected chi connectivity index (χ4v) is 5.14. The Bertz CT molecular complexity index is 1490. The zero-order valence-corrected chi connectivity index (χ0v) is 19.6. The van der Waals surface area contributed by atoms with Crippen molar-refractivity contribution in [2.75, 3.05) is 12.8 Å². The molecule has 3 N–H and O–H groups in total. The SMILES string of the molecule is CN1C=C(c2ccc(N)nc2)NC1C1CCc2cc(-c3cc(Cl)ccc3-n3cnnn3)cc(=O)n21. The Morgan fingerprint density at radius 2 is 2.03 bits per heavy atom. The van der Waals surface area contributed by atoms with Crippen molar-refractivity contribution in [2.45, 2.75) is 25.0 Å². The van der Waals surface area contributed by atoms with Gasteiger partial charge in [0, 0.05) is 47.4 Å². The molecule has 2 aliphatic heterocycles. The standard InChI is InChI=1S/C24H22ClN9O/c1-32-12-19(14-2-7-22(26)27-11-14)29-24(32)21-6-4-17-8-15(9-23(35)34(17)21)18-10-16(25)3-5-20(18)33-13-28-30-31-33/h2-3,5,7-13,21,24,29H,4,6H2,1H3,(H2,26,27). The van der Waals surface area contributed by atoms with Crippen LogP contribution < -0.4 is 16.6 Å². The minimum atomic E-state index is -0.0599. The van der Waals surface area contributed by atoms with Crippen LogP contribution in [-0.4, -0.2) is 47.9 Å². The van der Waals surface area contributed by atoms with Gasteiger partial charge >= 0.3 is 0 Å². The largest absolute Gasteiger partial charge is 0.384 e. The van der Waals surface area contributed by atoms with Gasteiger partial charge in [0.1, 0.15) is 18.3 Å². The smallest absolute Gasteiger partial charge is 0.251 e. The molecule has 6 rings (SSSR count). The maximum atomic E-state index is 13.4. The van der Waals surface area contributed by atoms with E-state index in [-0.39, 0.29) is 17.8 Å². The van der Waals surface area contributed by atoms with Crippen molar-refractivity contribution >= 4 is 23.1 Å². The molecular weight excluding hydrogens is 466 g/mol. The lowest BCUT2D eigenvalue weighted by atomic mass is 10.0. The second kappa shape index (κ2) is 8.24. The Morgan fingerprint density at radius 3 is 2.80 bits per heavy atom. The molecule has 2 aliphatic rings. The van der Waals surface area contributed by atoms with Crippen LogP contribution in [0, 0.1) is 0 Å². The van der Waals surface area contributed by atoms with Gasteiger partial charge in [0.2, 0.25) is 0 Å². The fourth-order valence-electron chi connectivity index (χ4n) is 4.97. The minimum Gasteiger partial charge on any atom is -0.384 e. The molecule has 11 heteroatoms.